The highest BCUT2D eigenvalue weighted by molar-refractivity contribution is 5.78. The first-order chi connectivity index (χ1) is 8.50. The molecule has 0 saturated carbocycles. The number of carboxylic acid groups (broad SMARTS) is 1. The minimum Gasteiger partial charge on any atom is -0.481 e. The molecule has 1 N–H and O–H groups in total. The number of ether oxygens (including phenoxy) is 1. The van der Waals surface area contributed by atoms with Gasteiger partial charge >= 0.3 is 12.0 Å². The summed E-state index contributed by atoms with van der Waals surface area (Å²) in [5, 5.41) is 9.07. The summed E-state index contributed by atoms with van der Waals surface area (Å²) in [4.78, 5) is 26.8. The van der Waals surface area contributed by atoms with Gasteiger partial charge in [0, 0.05) is 19.6 Å². The van der Waals surface area contributed by atoms with Gasteiger partial charge in [-0.05, 0) is 12.8 Å². The SMILES string of the molecule is CC1CN(C(=O)N2CCOCC2C)CC1C(=O)O. The van der Waals surface area contributed by atoms with E-state index in [0.717, 1.165) is 0 Å². The molecule has 3 unspecified atom stereocenters. The van der Waals surface area contributed by atoms with Crippen LogP contribution in [0.25, 0.3) is 0 Å². The fraction of sp³-hybridized carbons (Fsp3) is 0.833. The Hall–Kier alpha value is -1.30. The number of likely N-dealkylation sites (tertiary alicyclic amines) is 1. The van der Waals surface area contributed by atoms with Crippen LogP contribution in [-0.2, 0) is 9.53 Å². The summed E-state index contributed by atoms with van der Waals surface area (Å²) in [6, 6.07) is 0.00633. The Morgan fingerprint density at radius 2 is 2.00 bits per heavy atom. The van der Waals surface area contributed by atoms with Crippen molar-refractivity contribution < 1.29 is 19.4 Å². The van der Waals surface area contributed by atoms with Crippen molar-refractivity contribution >= 4 is 12.0 Å². The van der Waals surface area contributed by atoms with E-state index in [1.54, 1.807) is 9.80 Å². The number of amides is 2. The Balaban J connectivity index is 2.00. The van der Waals surface area contributed by atoms with Crippen molar-refractivity contribution in [2.75, 3.05) is 32.8 Å². The van der Waals surface area contributed by atoms with Gasteiger partial charge in [-0.1, -0.05) is 6.92 Å². The molecule has 2 amide bonds. The Morgan fingerprint density at radius 3 is 2.56 bits per heavy atom. The number of aliphatic carboxylic acids is 1. The summed E-state index contributed by atoms with van der Waals surface area (Å²) in [7, 11) is 0. The molecule has 0 aliphatic carbocycles. The smallest absolute Gasteiger partial charge is 0.320 e. The Morgan fingerprint density at radius 1 is 1.28 bits per heavy atom. The van der Waals surface area contributed by atoms with Gasteiger partial charge in [0.1, 0.15) is 0 Å². The second kappa shape index (κ2) is 5.14. The minimum absolute atomic E-state index is 0.0165. The van der Waals surface area contributed by atoms with Crippen LogP contribution in [0.4, 0.5) is 4.79 Å². The maximum atomic E-state index is 12.3. The topological polar surface area (TPSA) is 70.1 Å². The van der Waals surface area contributed by atoms with E-state index in [4.69, 9.17) is 9.84 Å². The van der Waals surface area contributed by atoms with Gasteiger partial charge in [-0.3, -0.25) is 4.79 Å². The van der Waals surface area contributed by atoms with E-state index in [1.807, 2.05) is 13.8 Å². The molecule has 18 heavy (non-hydrogen) atoms. The molecular weight excluding hydrogens is 236 g/mol. The summed E-state index contributed by atoms with van der Waals surface area (Å²) >= 11 is 0. The molecule has 6 heteroatoms. The van der Waals surface area contributed by atoms with Crippen LogP contribution in [0.2, 0.25) is 0 Å². The minimum atomic E-state index is -0.812. The molecule has 2 saturated heterocycles. The summed E-state index contributed by atoms with van der Waals surface area (Å²) in [6.07, 6.45) is 0. The van der Waals surface area contributed by atoms with Crippen LogP contribution in [0.1, 0.15) is 13.8 Å². The van der Waals surface area contributed by atoms with Crippen molar-refractivity contribution in [1.82, 2.24) is 9.80 Å². The van der Waals surface area contributed by atoms with Gasteiger partial charge in [0.05, 0.1) is 25.2 Å². The number of morpholine rings is 1. The molecule has 0 aromatic heterocycles. The molecule has 3 atom stereocenters. The highest BCUT2D eigenvalue weighted by Crippen LogP contribution is 2.25. The van der Waals surface area contributed by atoms with Crippen molar-refractivity contribution in [3.05, 3.63) is 0 Å². The van der Waals surface area contributed by atoms with Gasteiger partial charge < -0.3 is 19.6 Å². The molecule has 2 aliphatic rings. The first kappa shape index (κ1) is 13.1. The van der Waals surface area contributed by atoms with Gasteiger partial charge in [-0.2, -0.15) is 0 Å². The lowest BCUT2D eigenvalue weighted by atomic mass is 9.99. The maximum Gasteiger partial charge on any atom is 0.320 e. The second-order valence-electron chi connectivity index (χ2n) is 5.23. The Labute approximate surface area is 106 Å². The predicted octanol–water partition coefficient (Wildman–Crippen LogP) is 0.480. The van der Waals surface area contributed by atoms with Crippen molar-refractivity contribution in [3.8, 4) is 0 Å². The van der Waals surface area contributed by atoms with Crippen LogP contribution in [-0.4, -0.2) is 65.8 Å². The normalized spacial score (nSPS) is 32.7. The average molecular weight is 256 g/mol. The Kier molecular flexibility index (Phi) is 3.75. The summed E-state index contributed by atoms with van der Waals surface area (Å²) < 4.78 is 5.30. The van der Waals surface area contributed by atoms with Crippen LogP contribution in [0.5, 0.6) is 0 Å². The van der Waals surface area contributed by atoms with Crippen molar-refractivity contribution in [3.63, 3.8) is 0 Å². The van der Waals surface area contributed by atoms with Gasteiger partial charge in [-0.15, -0.1) is 0 Å². The first-order valence-electron chi connectivity index (χ1n) is 6.36. The lowest BCUT2D eigenvalue weighted by Gasteiger charge is -2.36. The first-order valence-corrected chi connectivity index (χ1v) is 6.36. The molecule has 2 fully saturated rings. The zero-order valence-electron chi connectivity index (χ0n) is 10.8. The monoisotopic (exact) mass is 256 g/mol. The summed E-state index contributed by atoms with van der Waals surface area (Å²) in [5.41, 5.74) is 0. The number of nitrogens with zero attached hydrogens (tertiary/aromatic N) is 2. The number of carboxylic acids is 1. The van der Waals surface area contributed by atoms with E-state index in [0.29, 0.717) is 32.8 Å². The molecule has 0 aromatic rings. The molecule has 0 aromatic carbocycles. The van der Waals surface area contributed by atoms with Crippen molar-refractivity contribution in [1.29, 1.82) is 0 Å². The number of carbonyl (C=O) groups excluding carboxylic acids is 1. The molecular formula is C12H20N2O4. The standard InChI is InChI=1S/C12H20N2O4/c1-8-5-13(6-10(8)11(15)16)12(17)14-3-4-18-7-9(14)2/h8-10H,3-7H2,1-2H3,(H,15,16). The lowest BCUT2D eigenvalue weighted by Crippen LogP contribution is -2.52. The molecule has 102 valence electrons. The molecule has 2 heterocycles. The van der Waals surface area contributed by atoms with Gasteiger partial charge in [-0.25, -0.2) is 4.79 Å². The zero-order chi connectivity index (χ0) is 13.3. The number of urea groups is 1. The molecule has 6 nitrogen and oxygen atoms in total. The average Bonchev–Trinajstić information content (AvgIpc) is 2.71. The van der Waals surface area contributed by atoms with Crippen LogP contribution in [0.3, 0.4) is 0 Å². The third-order valence-corrected chi connectivity index (χ3v) is 3.81. The molecule has 0 spiro atoms. The van der Waals surface area contributed by atoms with Crippen molar-refractivity contribution in [2.24, 2.45) is 11.8 Å². The third-order valence-electron chi connectivity index (χ3n) is 3.81. The zero-order valence-corrected chi connectivity index (χ0v) is 10.8. The molecule has 0 radical (unpaired) electrons. The van der Waals surface area contributed by atoms with Crippen LogP contribution >= 0.6 is 0 Å². The third kappa shape index (κ3) is 2.43. The van der Waals surface area contributed by atoms with Gasteiger partial charge in [0.15, 0.2) is 0 Å². The van der Waals surface area contributed by atoms with E-state index >= 15 is 0 Å². The van der Waals surface area contributed by atoms with Gasteiger partial charge in [0.25, 0.3) is 0 Å². The summed E-state index contributed by atoms with van der Waals surface area (Å²) in [5.74, 6) is -1.24. The fourth-order valence-corrected chi connectivity index (χ4v) is 2.64. The van der Waals surface area contributed by atoms with Crippen LogP contribution in [0, 0.1) is 11.8 Å². The summed E-state index contributed by atoms with van der Waals surface area (Å²) in [6.45, 7) is 6.38. The quantitative estimate of drug-likeness (QED) is 0.741. The van der Waals surface area contributed by atoms with E-state index in [1.165, 1.54) is 0 Å². The van der Waals surface area contributed by atoms with Crippen molar-refractivity contribution in [2.45, 2.75) is 19.9 Å². The molecule has 2 aliphatic heterocycles. The molecule has 2 rings (SSSR count). The molecule has 0 bridgehead atoms. The highest BCUT2D eigenvalue weighted by atomic mass is 16.5. The highest BCUT2D eigenvalue weighted by Gasteiger charge is 2.39. The predicted molar refractivity (Wildman–Crippen MR) is 64.2 cm³/mol. The van der Waals surface area contributed by atoms with Crippen LogP contribution in [0.15, 0.2) is 0 Å². The number of carbonyl (C=O) groups is 2. The van der Waals surface area contributed by atoms with Crippen LogP contribution < -0.4 is 0 Å². The lowest BCUT2D eigenvalue weighted by molar-refractivity contribution is -0.142. The van der Waals surface area contributed by atoms with Gasteiger partial charge in [0.2, 0.25) is 0 Å². The van der Waals surface area contributed by atoms with E-state index < -0.39 is 11.9 Å². The van der Waals surface area contributed by atoms with E-state index in [-0.39, 0.29) is 18.0 Å². The largest absolute Gasteiger partial charge is 0.481 e. The maximum absolute atomic E-state index is 12.3. The Bertz CT molecular complexity index is 347. The van der Waals surface area contributed by atoms with E-state index in [2.05, 4.69) is 0 Å². The number of rotatable bonds is 1. The number of hydrogen-bond donors (Lipinski definition) is 1. The van der Waals surface area contributed by atoms with E-state index in [9.17, 15) is 9.59 Å². The fourth-order valence-electron chi connectivity index (χ4n) is 2.64. The second-order valence-corrected chi connectivity index (χ2v) is 5.23. The number of hydrogen-bond acceptors (Lipinski definition) is 3.